The number of pyridine rings is 1. The Morgan fingerprint density at radius 3 is 2.39 bits per heavy atom. The number of aromatic nitrogens is 1. The molecule has 2 aromatic carbocycles. The lowest BCUT2D eigenvalue weighted by atomic mass is 10.1. The number of benzene rings is 2. The van der Waals surface area contributed by atoms with Gasteiger partial charge in [-0.25, -0.2) is 4.98 Å². The summed E-state index contributed by atoms with van der Waals surface area (Å²) in [4.78, 5) is 16.5. The Labute approximate surface area is 147 Å². The third kappa shape index (κ3) is 3.34. The van der Waals surface area contributed by atoms with Crippen molar-refractivity contribution in [1.29, 1.82) is 0 Å². The van der Waals surface area contributed by atoms with Crippen LogP contribution in [0, 0.1) is 0 Å². The maximum absolute atomic E-state index is 12.4. The summed E-state index contributed by atoms with van der Waals surface area (Å²) in [6, 6.07) is 11.7. The van der Waals surface area contributed by atoms with E-state index in [1.54, 1.807) is 42.5 Å². The van der Waals surface area contributed by atoms with Gasteiger partial charge >= 0.3 is 0 Å². The van der Waals surface area contributed by atoms with Gasteiger partial charge < -0.3 is 11.1 Å². The zero-order chi connectivity index (χ0) is 16.6. The Morgan fingerprint density at radius 2 is 1.70 bits per heavy atom. The molecule has 0 unspecified atom stereocenters. The highest BCUT2D eigenvalue weighted by Gasteiger charge is 2.10. The van der Waals surface area contributed by atoms with Crippen molar-refractivity contribution in [3.05, 3.63) is 63.2 Å². The van der Waals surface area contributed by atoms with Crippen LogP contribution >= 0.6 is 34.8 Å². The van der Waals surface area contributed by atoms with E-state index < -0.39 is 0 Å². The van der Waals surface area contributed by atoms with Gasteiger partial charge in [-0.1, -0.05) is 34.8 Å². The zero-order valence-electron chi connectivity index (χ0n) is 11.6. The van der Waals surface area contributed by atoms with Crippen LogP contribution in [0.3, 0.4) is 0 Å². The van der Waals surface area contributed by atoms with Crippen LogP contribution in [0.4, 0.5) is 11.4 Å². The minimum Gasteiger partial charge on any atom is -0.396 e. The number of halogens is 3. The lowest BCUT2D eigenvalue weighted by Gasteiger charge is -2.09. The van der Waals surface area contributed by atoms with E-state index in [0.717, 1.165) is 5.39 Å². The minimum absolute atomic E-state index is 0.278. The highest BCUT2D eigenvalue weighted by Crippen LogP contribution is 2.31. The molecule has 0 spiro atoms. The number of rotatable bonds is 2. The van der Waals surface area contributed by atoms with E-state index in [0.29, 0.717) is 21.9 Å². The van der Waals surface area contributed by atoms with Crippen molar-refractivity contribution in [1.82, 2.24) is 4.98 Å². The molecule has 0 aliphatic rings. The highest BCUT2D eigenvalue weighted by atomic mass is 35.5. The van der Waals surface area contributed by atoms with Gasteiger partial charge in [0.15, 0.2) is 0 Å². The van der Waals surface area contributed by atoms with E-state index in [2.05, 4.69) is 10.3 Å². The molecule has 3 aromatic rings. The van der Waals surface area contributed by atoms with E-state index in [1.807, 2.05) is 0 Å². The normalized spacial score (nSPS) is 10.7. The second kappa shape index (κ2) is 6.24. The standard InChI is InChI=1S/C16H10Cl3N3O/c17-11-6-10(7-12(18)15(11)20)21-16(23)9-1-3-13-8(5-9)2-4-14(19)22-13/h1-7H,20H2,(H,21,23). The Bertz CT molecular complexity index is 905. The Kier molecular flexibility index (Phi) is 4.31. The highest BCUT2D eigenvalue weighted by molar-refractivity contribution is 6.39. The first kappa shape index (κ1) is 15.9. The number of carbonyl (C=O) groups excluding carboxylic acids is 1. The molecular formula is C16H10Cl3N3O. The molecule has 0 saturated carbocycles. The Hall–Kier alpha value is -2.01. The summed E-state index contributed by atoms with van der Waals surface area (Å²) in [6.07, 6.45) is 0. The lowest BCUT2D eigenvalue weighted by Crippen LogP contribution is -2.12. The molecule has 0 aliphatic heterocycles. The first-order chi connectivity index (χ1) is 10.9. The smallest absolute Gasteiger partial charge is 0.255 e. The van der Waals surface area contributed by atoms with Gasteiger partial charge in [0.25, 0.3) is 5.91 Å². The maximum Gasteiger partial charge on any atom is 0.255 e. The fourth-order valence-electron chi connectivity index (χ4n) is 2.10. The number of anilines is 2. The van der Waals surface area contributed by atoms with Crippen molar-refractivity contribution < 1.29 is 4.79 Å². The molecule has 0 aliphatic carbocycles. The third-order valence-corrected chi connectivity index (χ3v) is 4.09. The van der Waals surface area contributed by atoms with Crippen molar-refractivity contribution in [3.63, 3.8) is 0 Å². The summed E-state index contributed by atoms with van der Waals surface area (Å²) in [6.45, 7) is 0. The van der Waals surface area contributed by atoms with Crippen LogP contribution in [-0.2, 0) is 0 Å². The average molecular weight is 367 g/mol. The number of nitrogen functional groups attached to an aromatic ring is 1. The SMILES string of the molecule is Nc1c(Cl)cc(NC(=O)c2ccc3nc(Cl)ccc3c2)cc1Cl. The van der Waals surface area contributed by atoms with Gasteiger partial charge in [-0.3, -0.25) is 4.79 Å². The number of carbonyl (C=O) groups is 1. The van der Waals surface area contributed by atoms with Crippen LogP contribution in [0.25, 0.3) is 10.9 Å². The fourth-order valence-corrected chi connectivity index (χ4v) is 2.74. The molecule has 0 fully saturated rings. The van der Waals surface area contributed by atoms with Gasteiger partial charge in [-0.15, -0.1) is 0 Å². The minimum atomic E-state index is -0.293. The van der Waals surface area contributed by atoms with Gasteiger partial charge in [0, 0.05) is 16.6 Å². The second-order valence-electron chi connectivity index (χ2n) is 4.85. The molecule has 0 radical (unpaired) electrons. The predicted molar refractivity (Wildman–Crippen MR) is 95.6 cm³/mol. The number of hydrogen-bond acceptors (Lipinski definition) is 3. The summed E-state index contributed by atoms with van der Waals surface area (Å²) < 4.78 is 0. The van der Waals surface area contributed by atoms with Gasteiger partial charge in [-0.2, -0.15) is 0 Å². The number of hydrogen-bond donors (Lipinski definition) is 2. The van der Waals surface area contributed by atoms with Crippen LogP contribution in [0.2, 0.25) is 15.2 Å². The van der Waals surface area contributed by atoms with Gasteiger partial charge in [0.2, 0.25) is 0 Å². The van der Waals surface area contributed by atoms with Crippen LogP contribution in [0.1, 0.15) is 10.4 Å². The molecule has 4 nitrogen and oxygen atoms in total. The molecule has 1 heterocycles. The van der Waals surface area contributed by atoms with Crippen molar-refractivity contribution in [2.45, 2.75) is 0 Å². The Morgan fingerprint density at radius 1 is 1.00 bits per heavy atom. The molecule has 0 saturated heterocycles. The van der Waals surface area contributed by atoms with E-state index in [1.165, 1.54) is 0 Å². The monoisotopic (exact) mass is 365 g/mol. The first-order valence-electron chi connectivity index (χ1n) is 6.56. The van der Waals surface area contributed by atoms with Gasteiger partial charge in [-0.05, 0) is 42.5 Å². The van der Waals surface area contributed by atoms with Crippen LogP contribution < -0.4 is 11.1 Å². The molecule has 0 bridgehead atoms. The van der Waals surface area contributed by atoms with E-state index in [9.17, 15) is 4.79 Å². The van der Waals surface area contributed by atoms with Gasteiger partial charge in [0.05, 0.1) is 21.2 Å². The number of nitrogens with zero attached hydrogens (tertiary/aromatic N) is 1. The summed E-state index contributed by atoms with van der Waals surface area (Å²) in [5.74, 6) is -0.293. The Balaban J connectivity index is 1.90. The molecule has 1 aromatic heterocycles. The van der Waals surface area contributed by atoms with E-state index in [4.69, 9.17) is 40.5 Å². The molecular weight excluding hydrogens is 357 g/mol. The largest absolute Gasteiger partial charge is 0.396 e. The fraction of sp³-hybridized carbons (Fsp3) is 0. The quantitative estimate of drug-likeness (QED) is 0.494. The molecule has 1 amide bonds. The molecule has 3 N–H and O–H groups in total. The summed E-state index contributed by atoms with van der Waals surface area (Å²) in [7, 11) is 0. The zero-order valence-corrected chi connectivity index (χ0v) is 13.9. The molecule has 0 atom stereocenters. The van der Waals surface area contributed by atoms with Crippen molar-refractivity contribution in [3.8, 4) is 0 Å². The molecule has 7 heteroatoms. The summed E-state index contributed by atoms with van der Waals surface area (Å²) in [5, 5.41) is 4.52. The second-order valence-corrected chi connectivity index (χ2v) is 6.05. The van der Waals surface area contributed by atoms with E-state index in [-0.39, 0.29) is 21.6 Å². The maximum atomic E-state index is 12.4. The summed E-state index contributed by atoms with van der Waals surface area (Å²) >= 11 is 17.8. The lowest BCUT2D eigenvalue weighted by molar-refractivity contribution is 0.102. The van der Waals surface area contributed by atoms with E-state index >= 15 is 0 Å². The van der Waals surface area contributed by atoms with Crippen molar-refractivity contribution in [2.75, 3.05) is 11.1 Å². The summed E-state index contributed by atoms with van der Waals surface area (Å²) in [5.41, 5.74) is 7.61. The number of nitrogens with one attached hydrogen (secondary N) is 1. The number of amides is 1. The number of fused-ring (bicyclic) bond motifs is 1. The topological polar surface area (TPSA) is 68.0 Å². The molecule has 116 valence electrons. The van der Waals surface area contributed by atoms with Crippen molar-refractivity contribution >= 4 is 63.0 Å². The van der Waals surface area contributed by atoms with Crippen molar-refractivity contribution in [2.24, 2.45) is 0 Å². The van der Waals surface area contributed by atoms with Gasteiger partial charge in [0.1, 0.15) is 5.15 Å². The predicted octanol–water partition coefficient (Wildman–Crippen LogP) is 5.03. The average Bonchev–Trinajstić information content (AvgIpc) is 2.52. The first-order valence-corrected chi connectivity index (χ1v) is 7.69. The van der Waals surface area contributed by atoms with Crippen LogP contribution in [0.5, 0.6) is 0 Å². The van der Waals surface area contributed by atoms with Crippen LogP contribution in [-0.4, -0.2) is 10.9 Å². The molecule has 23 heavy (non-hydrogen) atoms. The van der Waals surface area contributed by atoms with Crippen LogP contribution in [0.15, 0.2) is 42.5 Å². The third-order valence-electron chi connectivity index (χ3n) is 3.25. The molecule has 3 rings (SSSR count). The number of nitrogens with two attached hydrogens (primary N) is 1.